The van der Waals surface area contributed by atoms with Gasteiger partial charge in [-0.25, -0.2) is 9.50 Å². The van der Waals surface area contributed by atoms with Crippen molar-refractivity contribution in [1.82, 2.24) is 24.9 Å². The molecule has 2 heterocycles. The molecule has 7 nitrogen and oxygen atoms in total. The Morgan fingerprint density at radius 1 is 1.26 bits per heavy atom. The van der Waals surface area contributed by atoms with E-state index in [4.69, 9.17) is 5.73 Å². The van der Waals surface area contributed by atoms with Crippen LogP contribution in [0.4, 0.5) is 0 Å². The zero-order chi connectivity index (χ0) is 16.4. The number of benzene rings is 1. The Morgan fingerprint density at radius 3 is 2.74 bits per heavy atom. The van der Waals surface area contributed by atoms with E-state index in [9.17, 15) is 4.79 Å². The second-order valence-corrected chi connectivity index (χ2v) is 5.41. The normalized spacial score (nSPS) is 12.3. The largest absolute Gasteiger partial charge is 0.347 e. The molecule has 0 fully saturated rings. The Bertz CT molecular complexity index is 842. The van der Waals surface area contributed by atoms with Gasteiger partial charge in [0.2, 0.25) is 5.82 Å². The molecular formula is C16H18N6O. The van der Waals surface area contributed by atoms with Gasteiger partial charge in [0.25, 0.3) is 11.7 Å². The minimum Gasteiger partial charge on any atom is -0.347 e. The summed E-state index contributed by atoms with van der Waals surface area (Å²) in [6.07, 6.45) is 0. The van der Waals surface area contributed by atoms with Crippen LogP contribution in [0.3, 0.4) is 0 Å². The fourth-order valence-electron chi connectivity index (χ4n) is 2.36. The number of aromatic nitrogens is 4. The maximum atomic E-state index is 12.2. The van der Waals surface area contributed by atoms with E-state index in [0.717, 1.165) is 17.0 Å². The molecule has 3 N–H and O–H groups in total. The number of nitrogens with one attached hydrogen (secondary N) is 1. The summed E-state index contributed by atoms with van der Waals surface area (Å²) < 4.78 is 1.55. The first-order valence-electron chi connectivity index (χ1n) is 7.34. The van der Waals surface area contributed by atoms with E-state index >= 15 is 0 Å². The van der Waals surface area contributed by atoms with Crippen molar-refractivity contribution >= 4 is 11.7 Å². The lowest BCUT2D eigenvalue weighted by Crippen LogP contribution is -2.32. The molecule has 0 aliphatic carbocycles. The summed E-state index contributed by atoms with van der Waals surface area (Å²) in [6.45, 7) is 4.08. The van der Waals surface area contributed by atoms with Crippen LogP contribution in [0, 0.1) is 13.8 Å². The molecule has 1 aromatic carbocycles. The van der Waals surface area contributed by atoms with Crippen LogP contribution in [0.1, 0.15) is 33.6 Å². The van der Waals surface area contributed by atoms with Crippen LogP contribution < -0.4 is 11.1 Å². The molecule has 23 heavy (non-hydrogen) atoms. The minimum atomic E-state index is -0.362. The molecule has 3 aromatic rings. The maximum absolute atomic E-state index is 12.2. The molecule has 0 aliphatic rings. The van der Waals surface area contributed by atoms with Crippen molar-refractivity contribution in [2.45, 2.75) is 19.9 Å². The summed E-state index contributed by atoms with van der Waals surface area (Å²) in [7, 11) is 0. The smallest absolute Gasteiger partial charge is 0.291 e. The highest BCUT2D eigenvalue weighted by Crippen LogP contribution is 2.09. The summed E-state index contributed by atoms with van der Waals surface area (Å²) in [5, 5.41) is 6.96. The Morgan fingerprint density at radius 2 is 2.00 bits per heavy atom. The molecule has 118 valence electrons. The third-order valence-corrected chi connectivity index (χ3v) is 3.53. The highest BCUT2D eigenvalue weighted by atomic mass is 16.2. The molecule has 0 spiro atoms. The average molecular weight is 310 g/mol. The maximum Gasteiger partial charge on any atom is 0.291 e. The van der Waals surface area contributed by atoms with Crippen LogP contribution in [-0.4, -0.2) is 32.0 Å². The lowest BCUT2D eigenvalue weighted by atomic mass is 10.1. The number of nitrogens with two attached hydrogens (primary N) is 1. The first-order chi connectivity index (χ1) is 11.0. The summed E-state index contributed by atoms with van der Waals surface area (Å²) in [5.41, 5.74) is 8.74. The third-order valence-electron chi connectivity index (χ3n) is 3.53. The SMILES string of the molecule is Cc1cc(C)n2nc(C(=O)NC[C@H](N)c3ccccc3)nc2n1. The first-order valence-corrected chi connectivity index (χ1v) is 7.34. The topological polar surface area (TPSA) is 98.2 Å². The van der Waals surface area contributed by atoms with Crippen molar-refractivity contribution in [3.05, 3.63) is 59.2 Å². The van der Waals surface area contributed by atoms with Crippen molar-refractivity contribution in [2.75, 3.05) is 6.54 Å². The Hall–Kier alpha value is -2.80. The zero-order valence-electron chi connectivity index (χ0n) is 13.0. The molecule has 1 amide bonds. The number of hydrogen-bond acceptors (Lipinski definition) is 5. The number of carbonyl (C=O) groups excluding carboxylic acids is 1. The number of fused-ring (bicyclic) bond motifs is 1. The fraction of sp³-hybridized carbons (Fsp3) is 0.250. The molecule has 0 bridgehead atoms. The number of hydrogen-bond donors (Lipinski definition) is 2. The van der Waals surface area contributed by atoms with Crippen molar-refractivity contribution in [3.63, 3.8) is 0 Å². The van der Waals surface area contributed by atoms with Crippen LogP contribution in [0.15, 0.2) is 36.4 Å². The van der Waals surface area contributed by atoms with Crippen molar-refractivity contribution in [1.29, 1.82) is 0 Å². The van der Waals surface area contributed by atoms with E-state index in [-0.39, 0.29) is 17.8 Å². The van der Waals surface area contributed by atoms with Gasteiger partial charge in [-0.1, -0.05) is 30.3 Å². The van der Waals surface area contributed by atoms with Gasteiger partial charge >= 0.3 is 0 Å². The summed E-state index contributed by atoms with van der Waals surface area (Å²) in [6, 6.07) is 11.2. The van der Waals surface area contributed by atoms with Gasteiger partial charge in [0.15, 0.2) is 0 Å². The van der Waals surface area contributed by atoms with Crippen LogP contribution in [0.5, 0.6) is 0 Å². The molecule has 0 aliphatic heterocycles. The molecule has 0 unspecified atom stereocenters. The van der Waals surface area contributed by atoms with Gasteiger partial charge in [0, 0.05) is 24.0 Å². The van der Waals surface area contributed by atoms with Gasteiger partial charge in [-0.2, -0.15) is 4.98 Å². The van der Waals surface area contributed by atoms with E-state index in [1.165, 1.54) is 0 Å². The first kappa shape index (κ1) is 15.1. The molecule has 7 heteroatoms. The number of nitrogens with zero attached hydrogens (tertiary/aromatic N) is 4. The number of aryl methyl sites for hydroxylation is 2. The highest BCUT2D eigenvalue weighted by molar-refractivity contribution is 5.90. The van der Waals surface area contributed by atoms with Crippen LogP contribution in [-0.2, 0) is 0 Å². The predicted octanol–water partition coefficient (Wildman–Crippen LogP) is 1.17. The highest BCUT2D eigenvalue weighted by Gasteiger charge is 2.16. The van der Waals surface area contributed by atoms with Crippen LogP contribution in [0.25, 0.3) is 5.78 Å². The minimum absolute atomic E-state index is 0.0893. The van der Waals surface area contributed by atoms with E-state index in [2.05, 4.69) is 20.4 Å². The number of amides is 1. The molecule has 1 atom stereocenters. The van der Waals surface area contributed by atoms with Gasteiger partial charge < -0.3 is 11.1 Å². The summed E-state index contributed by atoms with van der Waals surface area (Å²) >= 11 is 0. The summed E-state index contributed by atoms with van der Waals surface area (Å²) in [5.74, 6) is 0.144. The second-order valence-electron chi connectivity index (χ2n) is 5.41. The van der Waals surface area contributed by atoms with Gasteiger partial charge in [-0.15, -0.1) is 5.10 Å². The lowest BCUT2D eigenvalue weighted by molar-refractivity contribution is 0.0941. The summed E-state index contributed by atoms with van der Waals surface area (Å²) in [4.78, 5) is 20.7. The Balaban J connectivity index is 1.72. The zero-order valence-corrected chi connectivity index (χ0v) is 13.0. The van der Waals surface area contributed by atoms with Crippen molar-refractivity contribution in [2.24, 2.45) is 5.73 Å². The van der Waals surface area contributed by atoms with E-state index in [1.54, 1.807) is 4.52 Å². The van der Waals surface area contributed by atoms with Gasteiger partial charge in [-0.3, -0.25) is 4.79 Å². The standard InChI is InChI=1S/C16H18N6O/c1-10-8-11(2)22-16(19-10)20-14(21-22)15(23)18-9-13(17)12-6-4-3-5-7-12/h3-8,13H,9,17H2,1-2H3,(H,18,23)/t13-/m0/s1. The Kier molecular flexibility index (Phi) is 4.03. The van der Waals surface area contributed by atoms with Gasteiger partial charge in [0.1, 0.15) is 0 Å². The molecule has 0 saturated heterocycles. The second kappa shape index (κ2) is 6.13. The van der Waals surface area contributed by atoms with E-state index in [1.807, 2.05) is 50.2 Å². The average Bonchev–Trinajstić information content (AvgIpc) is 2.97. The molecule has 0 saturated carbocycles. The number of rotatable bonds is 4. The fourth-order valence-corrected chi connectivity index (χ4v) is 2.36. The monoisotopic (exact) mass is 310 g/mol. The Labute approximate surface area is 133 Å². The van der Waals surface area contributed by atoms with Crippen LogP contribution in [0.2, 0.25) is 0 Å². The van der Waals surface area contributed by atoms with Crippen LogP contribution >= 0.6 is 0 Å². The molecule has 0 radical (unpaired) electrons. The molecule has 3 rings (SSSR count). The number of carbonyl (C=O) groups is 1. The van der Waals surface area contributed by atoms with E-state index in [0.29, 0.717) is 12.3 Å². The third kappa shape index (κ3) is 3.19. The van der Waals surface area contributed by atoms with Crippen molar-refractivity contribution in [3.8, 4) is 0 Å². The predicted molar refractivity (Wildman–Crippen MR) is 86.0 cm³/mol. The molecule has 2 aromatic heterocycles. The van der Waals surface area contributed by atoms with E-state index < -0.39 is 0 Å². The van der Waals surface area contributed by atoms with Gasteiger partial charge in [-0.05, 0) is 25.5 Å². The quantitative estimate of drug-likeness (QED) is 0.754. The lowest BCUT2D eigenvalue weighted by Gasteiger charge is -2.12. The van der Waals surface area contributed by atoms with Gasteiger partial charge in [0.05, 0.1) is 0 Å². The van der Waals surface area contributed by atoms with Crippen molar-refractivity contribution < 1.29 is 4.79 Å². The molecular weight excluding hydrogens is 292 g/mol.